The number of phosphoric ester groups is 2. The molecule has 0 spiro atoms. The highest BCUT2D eigenvalue weighted by Crippen LogP contribution is 2.45. The number of phosphoric acid groups is 2. The Morgan fingerprint density at radius 1 is 0.269 bits per heavy atom. The van der Waals surface area contributed by atoms with Crippen LogP contribution in [0.1, 0.15) is 323 Å². The third-order valence-electron chi connectivity index (χ3n) is 17.0. The van der Waals surface area contributed by atoms with E-state index in [0.717, 1.165) is 180 Å². The van der Waals surface area contributed by atoms with Crippen molar-refractivity contribution in [3.05, 3.63) is 158 Å². The second-order valence-corrected chi connectivity index (χ2v) is 30.2. The number of esters is 4. The van der Waals surface area contributed by atoms with Crippen molar-refractivity contribution in [3.8, 4) is 0 Å². The first-order valence-corrected chi connectivity index (χ1v) is 44.7. The van der Waals surface area contributed by atoms with Crippen molar-refractivity contribution in [1.29, 1.82) is 0 Å². The Bertz CT molecular complexity index is 2660. The van der Waals surface area contributed by atoms with Crippen molar-refractivity contribution < 1.29 is 80.2 Å². The maximum Gasteiger partial charge on any atom is 0.472 e. The number of ether oxygens (including phenoxy) is 4. The summed E-state index contributed by atoms with van der Waals surface area (Å²) in [6.07, 6.45) is 93.7. The SMILES string of the molecule is CC/C=C\C/C=C\C/C=C\C/C=C\C/C=C\C/C=C\CCC(=O)OCC(COP(=O)(O)OCC(O)COP(=O)(O)OCC(COC(=O)CCCCCCCC/C=C\C/C=C\C/C=C\CCCCC)OC(=O)CCCCCCC/C=C\CCCCCCCC)OC(=O)CCCCCCC/C=C\C/C=C\C/C=C\CC. The Labute approximate surface area is 655 Å². The molecule has 19 heteroatoms. The van der Waals surface area contributed by atoms with E-state index in [1.54, 1.807) is 0 Å². The van der Waals surface area contributed by atoms with E-state index in [2.05, 4.69) is 167 Å². The van der Waals surface area contributed by atoms with Crippen molar-refractivity contribution in [2.75, 3.05) is 39.6 Å². The highest BCUT2D eigenvalue weighted by molar-refractivity contribution is 7.47. The van der Waals surface area contributed by atoms with E-state index >= 15 is 0 Å². The molecular formula is C89H148O17P2. The van der Waals surface area contributed by atoms with Crippen LogP contribution in [0.4, 0.5) is 0 Å². The van der Waals surface area contributed by atoms with Crippen molar-refractivity contribution in [3.63, 3.8) is 0 Å². The van der Waals surface area contributed by atoms with Gasteiger partial charge in [-0.05, 0) is 161 Å². The molecule has 0 aliphatic heterocycles. The van der Waals surface area contributed by atoms with Crippen molar-refractivity contribution in [2.45, 2.75) is 341 Å². The summed E-state index contributed by atoms with van der Waals surface area (Å²) in [6.45, 7) is 4.50. The fourth-order valence-corrected chi connectivity index (χ4v) is 12.3. The minimum atomic E-state index is -5.01. The summed E-state index contributed by atoms with van der Waals surface area (Å²) < 4.78 is 68.6. The topological polar surface area (TPSA) is 237 Å². The lowest BCUT2D eigenvalue weighted by Crippen LogP contribution is -2.30. The predicted octanol–water partition coefficient (Wildman–Crippen LogP) is 24.8. The zero-order valence-electron chi connectivity index (χ0n) is 67.5. The largest absolute Gasteiger partial charge is 0.472 e. The van der Waals surface area contributed by atoms with Gasteiger partial charge in [-0.3, -0.25) is 37.3 Å². The van der Waals surface area contributed by atoms with E-state index in [-0.39, 0.29) is 25.7 Å². The molecule has 108 heavy (non-hydrogen) atoms. The van der Waals surface area contributed by atoms with Gasteiger partial charge in [0.25, 0.3) is 0 Å². The zero-order valence-corrected chi connectivity index (χ0v) is 69.3. The van der Waals surface area contributed by atoms with Crippen LogP contribution < -0.4 is 0 Å². The first kappa shape index (κ1) is 103. The van der Waals surface area contributed by atoms with Gasteiger partial charge in [0, 0.05) is 25.7 Å². The van der Waals surface area contributed by atoms with Gasteiger partial charge in [0.2, 0.25) is 0 Å². The predicted molar refractivity (Wildman–Crippen MR) is 445 cm³/mol. The molecule has 0 saturated heterocycles. The number of hydrogen-bond donors (Lipinski definition) is 3. The van der Waals surface area contributed by atoms with E-state index in [1.165, 1.54) is 57.8 Å². The maximum atomic E-state index is 13.1. The average Bonchev–Trinajstić information content (AvgIpc) is 0.923. The quantitative estimate of drug-likeness (QED) is 0.0169. The lowest BCUT2D eigenvalue weighted by atomic mass is 10.1. The lowest BCUT2D eigenvalue weighted by Gasteiger charge is -2.21. The van der Waals surface area contributed by atoms with E-state index in [0.29, 0.717) is 32.1 Å². The summed E-state index contributed by atoms with van der Waals surface area (Å²) in [5, 5.41) is 10.7. The molecule has 0 aliphatic carbocycles. The van der Waals surface area contributed by atoms with Crippen LogP contribution in [-0.2, 0) is 65.4 Å². The highest BCUT2D eigenvalue weighted by Gasteiger charge is 2.30. The molecule has 0 aromatic rings. The van der Waals surface area contributed by atoms with Gasteiger partial charge >= 0.3 is 39.5 Å². The molecule has 0 rings (SSSR count). The monoisotopic (exact) mass is 1550 g/mol. The van der Waals surface area contributed by atoms with Crippen LogP contribution in [0.2, 0.25) is 0 Å². The van der Waals surface area contributed by atoms with Crippen LogP contribution in [0.25, 0.3) is 0 Å². The standard InChI is InChI=1S/C89H148O17P2/c1-5-9-13-17-21-25-29-33-37-39-41-43-47-49-53-57-61-65-69-73-86(91)99-79-84(105-88(93)75-71-67-63-59-55-51-45-35-31-27-23-19-15-11-7-3)81-103-107(95,96)101-77-83(90)78-102-108(97,98)104-82-85(106-89(94)76-72-68-64-60-56-52-46-36-32-28-24-20-16-12-8-4)80-100-87(92)74-70-66-62-58-54-50-48-44-42-40-38-34-30-26-22-18-14-10-6-2/h9,11,13,15,21-23,25-27,33-38,41-46,49,53,61,65,83-85,90H,5-8,10,12,14,16-20,24,28-32,39-40,47-48,50-52,54-60,62-64,66-82H2,1-4H3,(H,95,96)(H,97,98)/b13-9-,15-11-,25-21-,26-22-,27-23-,37-33-,38-34-,43-41-,44-42-,45-35-,46-36-,53-49-,65-61-. The number of unbranched alkanes of at least 4 members (excludes halogenated alkanes) is 25. The van der Waals surface area contributed by atoms with Gasteiger partial charge in [0.05, 0.1) is 26.4 Å². The molecule has 0 aromatic heterocycles. The number of aliphatic hydroxyl groups is 1. The Kier molecular flexibility index (Phi) is 75.8. The summed E-state index contributed by atoms with van der Waals surface area (Å²) in [6, 6.07) is 0. The highest BCUT2D eigenvalue weighted by atomic mass is 31.2. The maximum absolute atomic E-state index is 13.1. The summed E-state index contributed by atoms with van der Waals surface area (Å²) >= 11 is 0. The third-order valence-corrected chi connectivity index (χ3v) is 18.9. The normalized spacial score (nSPS) is 14.6. The van der Waals surface area contributed by atoms with Gasteiger partial charge in [0.15, 0.2) is 12.2 Å². The molecule has 17 nitrogen and oxygen atoms in total. The molecule has 0 fully saturated rings. The van der Waals surface area contributed by atoms with Gasteiger partial charge in [-0.2, -0.15) is 0 Å². The minimum absolute atomic E-state index is 0.0271. The second kappa shape index (κ2) is 79.8. The lowest BCUT2D eigenvalue weighted by molar-refractivity contribution is -0.161. The van der Waals surface area contributed by atoms with Crippen LogP contribution in [0, 0.1) is 0 Å². The average molecular weight is 1550 g/mol. The molecule has 0 bridgehead atoms. The molecule has 0 saturated carbocycles. The Morgan fingerprint density at radius 3 is 0.824 bits per heavy atom. The molecule has 0 aliphatic rings. The van der Waals surface area contributed by atoms with Crippen molar-refractivity contribution in [1.82, 2.24) is 0 Å². The van der Waals surface area contributed by atoms with Crippen molar-refractivity contribution in [2.24, 2.45) is 0 Å². The molecular weight excluding hydrogens is 1400 g/mol. The van der Waals surface area contributed by atoms with E-state index in [1.807, 2.05) is 18.2 Å². The van der Waals surface area contributed by atoms with Gasteiger partial charge in [0.1, 0.15) is 19.3 Å². The molecule has 0 radical (unpaired) electrons. The van der Waals surface area contributed by atoms with Crippen molar-refractivity contribution >= 4 is 39.5 Å². The first-order valence-electron chi connectivity index (χ1n) is 41.7. The molecule has 0 amide bonds. The molecule has 616 valence electrons. The van der Waals surface area contributed by atoms with Gasteiger partial charge in [-0.1, -0.05) is 295 Å². The summed E-state index contributed by atoms with van der Waals surface area (Å²) in [5.41, 5.74) is 0. The number of carbonyl (C=O) groups is 4. The number of aliphatic hydroxyl groups excluding tert-OH is 1. The first-order chi connectivity index (χ1) is 52.7. The Hall–Kier alpha value is -5.32. The van der Waals surface area contributed by atoms with Crippen LogP contribution >= 0.6 is 15.6 Å². The van der Waals surface area contributed by atoms with E-state index < -0.39 is 97.5 Å². The Morgan fingerprint density at radius 2 is 0.500 bits per heavy atom. The smallest absolute Gasteiger partial charge is 0.462 e. The fraction of sp³-hybridized carbons (Fsp3) is 0.663. The van der Waals surface area contributed by atoms with E-state index in [9.17, 15) is 43.2 Å². The molecule has 0 aromatic carbocycles. The van der Waals surface area contributed by atoms with Crippen LogP contribution in [-0.4, -0.2) is 96.7 Å². The molecule has 5 unspecified atom stereocenters. The van der Waals surface area contributed by atoms with Gasteiger partial charge in [-0.25, -0.2) is 9.13 Å². The number of carbonyl (C=O) groups excluding carboxylic acids is 4. The number of allylic oxidation sites excluding steroid dienone is 26. The second-order valence-electron chi connectivity index (χ2n) is 27.3. The van der Waals surface area contributed by atoms with Crippen LogP contribution in [0.3, 0.4) is 0 Å². The van der Waals surface area contributed by atoms with E-state index in [4.69, 9.17) is 37.0 Å². The third kappa shape index (κ3) is 78.8. The molecule has 3 N–H and O–H groups in total. The zero-order chi connectivity index (χ0) is 78.9. The fourth-order valence-electron chi connectivity index (χ4n) is 10.7. The van der Waals surface area contributed by atoms with Crippen LogP contribution in [0.5, 0.6) is 0 Å². The summed E-state index contributed by atoms with van der Waals surface area (Å²) in [5.74, 6) is -2.32. The van der Waals surface area contributed by atoms with Gasteiger partial charge < -0.3 is 33.8 Å². The number of hydrogen-bond acceptors (Lipinski definition) is 15. The van der Waals surface area contributed by atoms with Crippen LogP contribution in [0.15, 0.2) is 158 Å². The Balaban J connectivity index is 5.46. The molecule has 0 heterocycles. The summed E-state index contributed by atoms with van der Waals surface area (Å²) in [7, 11) is -10.0. The molecule has 5 atom stereocenters. The van der Waals surface area contributed by atoms with Gasteiger partial charge in [-0.15, -0.1) is 0 Å². The summed E-state index contributed by atoms with van der Waals surface area (Å²) in [4.78, 5) is 73.1. The minimum Gasteiger partial charge on any atom is -0.462 e. The number of rotatable bonds is 77.